The third kappa shape index (κ3) is 4.09. The van der Waals surface area contributed by atoms with Gasteiger partial charge in [-0.2, -0.15) is 0 Å². The normalized spacial score (nSPS) is 13.1. The van der Waals surface area contributed by atoms with Gasteiger partial charge in [0.2, 0.25) is 0 Å². The van der Waals surface area contributed by atoms with Gasteiger partial charge in [0, 0.05) is 18.1 Å². The lowest BCUT2D eigenvalue weighted by Crippen LogP contribution is -2.34. The molecule has 2 N–H and O–H groups in total. The van der Waals surface area contributed by atoms with Crippen LogP contribution in [0.4, 0.5) is 0 Å². The first-order valence-electron chi connectivity index (χ1n) is 4.62. The third-order valence-corrected chi connectivity index (χ3v) is 2.37. The van der Waals surface area contributed by atoms with Gasteiger partial charge in [-0.25, -0.2) is 15.1 Å². The second-order valence-electron chi connectivity index (χ2n) is 2.26. The first-order chi connectivity index (χ1) is 7.90. The standard InChI is InChI=1S/C6H8ClN5O2S/c1-8-6(11-12(13)14)10-3-4-2-9-5(7)15-4/h2H,3H2,1H3,(H2,8,10,11)/i/hD2. The van der Waals surface area contributed by atoms with E-state index in [1.165, 1.54) is 13.2 Å². The highest BCUT2D eigenvalue weighted by atomic mass is 35.5. The number of rotatable bonds is 3. The summed E-state index contributed by atoms with van der Waals surface area (Å²) in [6, 6.07) is 0. The zero-order chi connectivity index (χ0) is 13.0. The van der Waals surface area contributed by atoms with Gasteiger partial charge in [-0.15, -0.1) is 11.3 Å². The zero-order valence-corrected chi connectivity index (χ0v) is 9.20. The Kier molecular flexibility index (Phi) is 3.23. The van der Waals surface area contributed by atoms with Crippen LogP contribution in [-0.2, 0) is 6.54 Å². The quantitative estimate of drug-likeness (QED) is 0.356. The van der Waals surface area contributed by atoms with Crippen LogP contribution in [0.25, 0.3) is 0 Å². The number of nitrogens with one attached hydrogen (secondary N) is 2. The van der Waals surface area contributed by atoms with Crippen molar-refractivity contribution in [1.29, 1.82) is 0 Å². The monoisotopic (exact) mass is 251 g/mol. The second kappa shape index (κ2) is 5.47. The summed E-state index contributed by atoms with van der Waals surface area (Å²) in [7, 11) is 1.24. The Balaban J connectivity index is 2.79. The van der Waals surface area contributed by atoms with Crippen LogP contribution in [0.1, 0.15) is 4.88 Å². The van der Waals surface area contributed by atoms with E-state index in [0.717, 1.165) is 16.6 Å². The molecule has 0 radical (unpaired) electrons. The van der Waals surface area contributed by atoms with E-state index in [0.29, 0.717) is 14.7 Å². The number of thiazole rings is 1. The molecule has 1 aromatic heterocycles. The minimum atomic E-state index is -0.957. The van der Waals surface area contributed by atoms with Crippen LogP contribution in [-0.4, -0.2) is 23.0 Å². The average Bonchev–Trinajstić information content (AvgIpc) is 2.59. The maximum Gasteiger partial charge on any atom is 0.268 e. The topological polar surface area (TPSA) is 92.5 Å². The molecule has 9 heteroatoms. The van der Waals surface area contributed by atoms with Crippen LogP contribution in [0.5, 0.6) is 0 Å². The Morgan fingerprint density at radius 2 is 2.73 bits per heavy atom. The van der Waals surface area contributed by atoms with Crippen molar-refractivity contribution in [3.05, 3.63) is 25.7 Å². The smallest absolute Gasteiger partial charge is 0.268 e. The Morgan fingerprint density at radius 3 is 3.20 bits per heavy atom. The summed E-state index contributed by atoms with van der Waals surface area (Å²) in [5, 5.41) is 13.6. The SMILES string of the molecule is [2H]N(C)C(=N[N+](=O)[O-])N([2H])Cc1cnc(Cl)s1. The highest BCUT2D eigenvalue weighted by Gasteiger charge is 2.04. The molecule has 0 spiro atoms. The van der Waals surface area contributed by atoms with Crippen LogP contribution < -0.4 is 10.6 Å². The van der Waals surface area contributed by atoms with Gasteiger partial charge in [-0.3, -0.25) is 0 Å². The van der Waals surface area contributed by atoms with E-state index in [2.05, 4.69) is 10.1 Å². The predicted octanol–water partition coefficient (Wildman–Crippen LogP) is 0.653. The van der Waals surface area contributed by atoms with E-state index in [4.69, 9.17) is 14.4 Å². The molecule has 1 aromatic rings. The summed E-state index contributed by atoms with van der Waals surface area (Å²) in [4.78, 5) is 14.7. The van der Waals surface area contributed by atoms with E-state index >= 15 is 0 Å². The molecule has 0 saturated heterocycles. The minimum absolute atomic E-state index is 0.0142. The highest BCUT2D eigenvalue weighted by molar-refractivity contribution is 7.15. The van der Waals surface area contributed by atoms with Gasteiger partial charge in [0.05, 0.1) is 6.54 Å². The molecule has 0 bridgehead atoms. The van der Waals surface area contributed by atoms with Crippen LogP contribution in [0, 0.1) is 10.1 Å². The fourth-order valence-corrected chi connectivity index (χ4v) is 1.63. The molecule has 0 saturated carbocycles. The molecule has 0 atom stereocenters. The summed E-state index contributed by atoms with van der Waals surface area (Å²) < 4.78 is 15.1. The lowest BCUT2D eigenvalue weighted by Gasteiger charge is -2.02. The molecule has 0 aliphatic rings. The van der Waals surface area contributed by atoms with Gasteiger partial charge in [-0.05, 0) is 0 Å². The molecule has 1 rings (SSSR count). The molecule has 7 nitrogen and oxygen atoms in total. The first-order valence-corrected chi connectivity index (χ1v) is 4.92. The maximum atomic E-state index is 10.2. The number of halogens is 1. The summed E-state index contributed by atoms with van der Waals surface area (Å²) in [6.07, 6.45) is 1.46. The van der Waals surface area contributed by atoms with Crippen molar-refractivity contribution >= 4 is 28.9 Å². The molecule has 0 aliphatic carbocycles. The van der Waals surface area contributed by atoms with Crippen molar-refractivity contribution in [2.45, 2.75) is 6.54 Å². The number of guanidine groups is 1. The fourth-order valence-electron chi connectivity index (χ4n) is 0.725. The Labute approximate surface area is 97.2 Å². The molecule has 1 heterocycles. The lowest BCUT2D eigenvalue weighted by atomic mass is 10.5. The van der Waals surface area contributed by atoms with Crippen LogP contribution >= 0.6 is 22.9 Å². The number of hydrazone groups is 1. The van der Waals surface area contributed by atoms with E-state index in [9.17, 15) is 10.1 Å². The van der Waals surface area contributed by atoms with E-state index in [-0.39, 0.29) is 6.54 Å². The molecular weight excluding hydrogens is 242 g/mol. The molecule has 15 heavy (non-hydrogen) atoms. The van der Waals surface area contributed by atoms with E-state index in [1.807, 2.05) is 0 Å². The van der Waals surface area contributed by atoms with E-state index < -0.39 is 11.0 Å². The second-order valence-corrected chi connectivity index (χ2v) is 3.95. The van der Waals surface area contributed by atoms with Crippen LogP contribution in [0.15, 0.2) is 11.3 Å². The maximum absolute atomic E-state index is 10.2. The Morgan fingerprint density at radius 1 is 2.00 bits per heavy atom. The lowest BCUT2D eigenvalue weighted by molar-refractivity contribution is -0.485. The first kappa shape index (κ1) is 8.86. The number of nitrogens with zero attached hydrogens (tertiary/aromatic N) is 3. The summed E-state index contributed by atoms with van der Waals surface area (Å²) in [5.41, 5.74) is 0. The number of nitro groups is 1. The molecule has 82 valence electrons. The molecule has 0 aromatic carbocycles. The van der Waals surface area contributed by atoms with Crippen molar-refractivity contribution in [3.8, 4) is 0 Å². The van der Waals surface area contributed by atoms with Crippen molar-refractivity contribution < 1.29 is 7.86 Å². The summed E-state index contributed by atoms with van der Waals surface area (Å²) in [5.74, 6) is -0.403. The third-order valence-electron chi connectivity index (χ3n) is 1.27. The summed E-state index contributed by atoms with van der Waals surface area (Å²) >= 11 is 6.76. The molecular formula is C6H8ClN5O2S. The molecule has 0 amide bonds. The molecule has 0 unspecified atom stereocenters. The van der Waals surface area contributed by atoms with Gasteiger partial charge in [0.25, 0.3) is 5.96 Å². The van der Waals surface area contributed by atoms with Crippen molar-refractivity contribution in [2.24, 2.45) is 5.10 Å². The van der Waals surface area contributed by atoms with Crippen LogP contribution in [0.2, 0.25) is 7.29 Å². The largest absolute Gasteiger partial charge is 0.354 e. The van der Waals surface area contributed by atoms with Gasteiger partial charge in [0.15, 0.2) is 12.3 Å². The number of hydrogen-bond donors (Lipinski definition) is 2. The van der Waals surface area contributed by atoms with Crippen molar-refractivity contribution in [2.75, 3.05) is 7.05 Å². The van der Waals surface area contributed by atoms with E-state index in [1.54, 1.807) is 0 Å². The van der Waals surface area contributed by atoms with Crippen molar-refractivity contribution in [3.63, 3.8) is 0 Å². The summed E-state index contributed by atoms with van der Waals surface area (Å²) in [6.45, 7) is 0.0142. The Hall–Kier alpha value is -1.41. The Bertz CT molecular complexity index is 440. The fraction of sp³-hybridized carbons (Fsp3) is 0.333. The highest BCUT2D eigenvalue weighted by Crippen LogP contribution is 2.16. The molecule has 0 aliphatic heterocycles. The van der Waals surface area contributed by atoms with Gasteiger partial charge < -0.3 is 10.6 Å². The zero-order valence-electron chi connectivity index (χ0n) is 9.62. The predicted molar refractivity (Wildman–Crippen MR) is 57.5 cm³/mol. The van der Waals surface area contributed by atoms with Gasteiger partial charge in [-0.1, -0.05) is 11.6 Å². The minimum Gasteiger partial charge on any atom is -0.354 e. The molecule has 0 fully saturated rings. The van der Waals surface area contributed by atoms with Gasteiger partial charge in [0.1, 0.15) is 5.10 Å². The van der Waals surface area contributed by atoms with Gasteiger partial charge >= 0.3 is 0 Å². The van der Waals surface area contributed by atoms with Crippen molar-refractivity contribution in [1.82, 2.24) is 15.6 Å². The average molecular weight is 252 g/mol. The van der Waals surface area contributed by atoms with Crippen LogP contribution in [0.3, 0.4) is 0 Å². The number of aromatic nitrogens is 1. The number of hydrogen-bond acceptors (Lipinski definition) is 4.